The molecule has 0 aliphatic carbocycles. The number of benzene rings is 2. The summed E-state index contributed by atoms with van der Waals surface area (Å²) >= 11 is 0. The molecule has 0 bridgehead atoms. The number of halogens is 1. The molecule has 1 aliphatic heterocycles. The number of hydrogen-bond donors (Lipinski definition) is 3. The van der Waals surface area contributed by atoms with Gasteiger partial charge in [0.2, 0.25) is 0 Å². The molecule has 0 saturated carbocycles. The highest BCUT2D eigenvalue weighted by atomic mass is 19.1. The molecule has 0 radical (unpaired) electrons. The lowest BCUT2D eigenvalue weighted by atomic mass is 10.1. The zero-order valence-corrected chi connectivity index (χ0v) is 15.1. The van der Waals surface area contributed by atoms with Crippen molar-refractivity contribution in [2.75, 3.05) is 24.1 Å². The summed E-state index contributed by atoms with van der Waals surface area (Å²) < 4.78 is 19.9. The van der Waals surface area contributed by atoms with Gasteiger partial charge in [0.05, 0.1) is 11.2 Å². The number of rotatable bonds is 4. The zero-order valence-electron chi connectivity index (χ0n) is 15.1. The van der Waals surface area contributed by atoms with Gasteiger partial charge in [0.15, 0.2) is 0 Å². The average Bonchev–Trinajstić information content (AvgIpc) is 2.64. The van der Waals surface area contributed by atoms with Gasteiger partial charge in [-0.15, -0.1) is 0 Å². The molecule has 0 amide bonds. The van der Waals surface area contributed by atoms with Gasteiger partial charge in [0.25, 0.3) is 0 Å². The monoisotopic (exact) mass is 367 g/mol. The van der Waals surface area contributed by atoms with Gasteiger partial charge in [-0.1, -0.05) is 0 Å². The fourth-order valence-electron chi connectivity index (χ4n) is 3.44. The maximum atomic E-state index is 13.8. The molecule has 2 aromatic carbocycles. The van der Waals surface area contributed by atoms with Crippen molar-refractivity contribution < 1.29 is 9.13 Å². The predicted molar refractivity (Wildman–Crippen MR) is 105 cm³/mol. The van der Waals surface area contributed by atoms with Gasteiger partial charge < -0.3 is 21.1 Å². The van der Waals surface area contributed by atoms with Gasteiger partial charge in [-0.2, -0.15) is 0 Å². The maximum Gasteiger partial charge on any atom is 0.146 e. The summed E-state index contributed by atoms with van der Waals surface area (Å²) in [6.07, 6.45) is 3.49. The molecule has 1 aromatic heterocycles. The van der Waals surface area contributed by atoms with Gasteiger partial charge in [-0.3, -0.25) is 0 Å². The lowest BCUT2D eigenvalue weighted by Gasteiger charge is -2.25. The van der Waals surface area contributed by atoms with Gasteiger partial charge in [0, 0.05) is 23.7 Å². The van der Waals surface area contributed by atoms with Crippen LogP contribution in [0.5, 0.6) is 5.75 Å². The number of nitrogens with two attached hydrogens (primary N) is 1. The molecule has 7 heteroatoms. The minimum Gasteiger partial charge on any atom is -0.487 e. The molecule has 2 heterocycles. The van der Waals surface area contributed by atoms with Crippen LogP contribution in [0.25, 0.3) is 10.9 Å². The van der Waals surface area contributed by atoms with E-state index in [1.165, 1.54) is 18.5 Å². The van der Waals surface area contributed by atoms with Gasteiger partial charge in [0.1, 0.15) is 29.8 Å². The standard InChI is InChI=1S/C20H22FN5O/c1-12-7-14(22)9-17-19(12)20(25-11-24-17)26-16-5-4-13(21)8-18(16)27-15-3-2-6-23-10-15/h4-5,7-9,11,15,23H,2-3,6,10,22H2,1H3,(H,24,25,26). The molecule has 1 fully saturated rings. The molecule has 140 valence electrons. The SMILES string of the molecule is Cc1cc(N)cc2ncnc(Nc3ccc(F)cc3OC3CCCNC3)c12. The summed E-state index contributed by atoms with van der Waals surface area (Å²) in [5, 5.41) is 7.47. The van der Waals surface area contributed by atoms with Crippen LogP contribution in [0.4, 0.5) is 21.6 Å². The fraction of sp³-hybridized carbons (Fsp3) is 0.300. The van der Waals surface area contributed by atoms with Crippen LogP contribution in [0, 0.1) is 12.7 Å². The van der Waals surface area contributed by atoms with Crippen LogP contribution in [-0.2, 0) is 0 Å². The van der Waals surface area contributed by atoms with E-state index in [2.05, 4.69) is 20.6 Å². The van der Waals surface area contributed by atoms with E-state index in [1.807, 2.05) is 19.1 Å². The Bertz CT molecular complexity index is 972. The molecule has 1 unspecified atom stereocenters. The molecule has 3 aromatic rings. The molecular formula is C20H22FN5O. The second kappa shape index (κ2) is 7.36. The van der Waals surface area contributed by atoms with E-state index in [4.69, 9.17) is 10.5 Å². The van der Waals surface area contributed by atoms with Crippen molar-refractivity contribution in [1.29, 1.82) is 0 Å². The van der Waals surface area contributed by atoms with Crippen molar-refractivity contribution in [3.63, 3.8) is 0 Å². The molecule has 0 spiro atoms. The lowest BCUT2D eigenvalue weighted by molar-refractivity contribution is 0.167. The number of piperidine rings is 1. The second-order valence-corrected chi connectivity index (χ2v) is 6.81. The first-order chi connectivity index (χ1) is 13.1. The highest BCUT2D eigenvalue weighted by Crippen LogP contribution is 2.33. The Kier molecular flexibility index (Phi) is 4.77. The number of nitrogens with one attached hydrogen (secondary N) is 2. The maximum absolute atomic E-state index is 13.8. The molecule has 27 heavy (non-hydrogen) atoms. The normalized spacial score (nSPS) is 17.0. The summed E-state index contributed by atoms with van der Waals surface area (Å²) in [4.78, 5) is 8.68. The van der Waals surface area contributed by atoms with E-state index in [-0.39, 0.29) is 11.9 Å². The Morgan fingerprint density at radius 2 is 2.15 bits per heavy atom. The molecule has 6 nitrogen and oxygen atoms in total. The molecular weight excluding hydrogens is 345 g/mol. The van der Waals surface area contributed by atoms with Crippen molar-refractivity contribution in [1.82, 2.24) is 15.3 Å². The molecule has 4 N–H and O–H groups in total. The minimum absolute atomic E-state index is 0.0183. The fourth-order valence-corrected chi connectivity index (χ4v) is 3.44. The van der Waals surface area contributed by atoms with Crippen LogP contribution in [0.1, 0.15) is 18.4 Å². The minimum atomic E-state index is -0.337. The van der Waals surface area contributed by atoms with Crippen molar-refractivity contribution in [2.24, 2.45) is 0 Å². The van der Waals surface area contributed by atoms with E-state index in [0.717, 1.165) is 42.4 Å². The molecule has 1 aliphatic rings. The van der Waals surface area contributed by atoms with Gasteiger partial charge in [-0.25, -0.2) is 14.4 Å². The van der Waals surface area contributed by atoms with Crippen molar-refractivity contribution >= 4 is 28.1 Å². The molecule has 1 saturated heterocycles. The highest BCUT2D eigenvalue weighted by Gasteiger charge is 2.18. The van der Waals surface area contributed by atoms with Gasteiger partial charge >= 0.3 is 0 Å². The van der Waals surface area contributed by atoms with Crippen LogP contribution in [0.2, 0.25) is 0 Å². The van der Waals surface area contributed by atoms with E-state index in [1.54, 1.807) is 6.07 Å². The summed E-state index contributed by atoms with van der Waals surface area (Å²) in [6.45, 7) is 3.71. The summed E-state index contributed by atoms with van der Waals surface area (Å²) in [7, 11) is 0. The largest absolute Gasteiger partial charge is 0.487 e. The Morgan fingerprint density at radius 3 is 2.96 bits per heavy atom. The third-order valence-corrected chi connectivity index (χ3v) is 4.70. The number of anilines is 3. The molecule has 4 rings (SSSR count). The first-order valence-corrected chi connectivity index (χ1v) is 9.05. The van der Waals surface area contributed by atoms with Crippen LogP contribution in [0.15, 0.2) is 36.7 Å². The Morgan fingerprint density at radius 1 is 1.26 bits per heavy atom. The molecule has 1 atom stereocenters. The van der Waals surface area contributed by atoms with Crippen LogP contribution in [-0.4, -0.2) is 29.2 Å². The van der Waals surface area contributed by atoms with Crippen molar-refractivity contribution in [3.05, 3.63) is 48.0 Å². The summed E-state index contributed by atoms with van der Waals surface area (Å²) in [5.74, 6) is 0.773. The van der Waals surface area contributed by atoms with E-state index in [0.29, 0.717) is 22.9 Å². The van der Waals surface area contributed by atoms with Crippen molar-refractivity contribution in [3.8, 4) is 5.75 Å². The second-order valence-electron chi connectivity index (χ2n) is 6.81. The Hall–Kier alpha value is -2.93. The van der Waals surface area contributed by atoms with Crippen LogP contribution < -0.4 is 21.1 Å². The van der Waals surface area contributed by atoms with E-state index >= 15 is 0 Å². The number of fused-ring (bicyclic) bond motifs is 1. The number of nitrogen functional groups attached to an aromatic ring is 1. The zero-order chi connectivity index (χ0) is 18.8. The number of ether oxygens (including phenoxy) is 1. The number of aryl methyl sites for hydroxylation is 1. The van der Waals surface area contributed by atoms with Gasteiger partial charge in [-0.05, 0) is 56.1 Å². The third kappa shape index (κ3) is 3.78. The summed E-state index contributed by atoms with van der Waals surface area (Å²) in [6, 6.07) is 8.17. The lowest BCUT2D eigenvalue weighted by Crippen LogP contribution is -2.37. The number of aromatic nitrogens is 2. The first kappa shape index (κ1) is 17.5. The van der Waals surface area contributed by atoms with E-state index < -0.39 is 0 Å². The first-order valence-electron chi connectivity index (χ1n) is 9.05. The topological polar surface area (TPSA) is 85.1 Å². The van der Waals surface area contributed by atoms with Crippen molar-refractivity contribution in [2.45, 2.75) is 25.9 Å². The Labute approximate surface area is 157 Å². The smallest absolute Gasteiger partial charge is 0.146 e. The number of nitrogens with zero attached hydrogens (tertiary/aromatic N) is 2. The highest BCUT2D eigenvalue weighted by molar-refractivity contribution is 5.95. The predicted octanol–water partition coefficient (Wildman–Crippen LogP) is 3.53. The van der Waals surface area contributed by atoms with E-state index in [9.17, 15) is 4.39 Å². The van der Waals surface area contributed by atoms with Crippen LogP contribution >= 0.6 is 0 Å². The quantitative estimate of drug-likeness (QED) is 0.612. The average molecular weight is 367 g/mol. The van der Waals surface area contributed by atoms with Crippen LogP contribution in [0.3, 0.4) is 0 Å². The Balaban J connectivity index is 1.69. The number of hydrogen-bond acceptors (Lipinski definition) is 6. The summed E-state index contributed by atoms with van der Waals surface area (Å²) in [5.41, 5.74) is 8.96. The third-order valence-electron chi connectivity index (χ3n) is 4.70.